The lowest BCUT2D eigenvalue weighted by Gasteiger charge is -2.10. The first kappa shape index (κ1) is 20.7. The Morgan fingerprint density at radius 3 is 2.90 bits per heavy atom. The van der Waals surface area contributed by atoms with E-state index in [-0.39, 0.29) is 18.2 Å². The first-order valence-electron chi connectivity index (χ1n) is 9.19. The van der Waals surface area contributed by atoms with Crippen LogP contribution in [0.25, 0.3) is 10.9 Å². The minimum Gasteiger partial charge on any atom is -0.487 e. The highest BCUT2D eigenvalue weighted by atomic mass is 19.3. The van der Waals surface area contributed by atoms with E-state index in [1.165, 1.54) is 6.20 Å². The zero-order chi connectivity index (χ0) is 20.8. The van der Waals surface area contributed by atoms with Crippen molar-refractivity contribution in [3.05, 3.63) is 53.5 Å². The van der Waals surface area contributed by atoms with Gasteiger partial charge in [-0.15, -0.1) is 0 Å². The predicted octanol–water partition coefficient (Wildman–Crippen LogP) is 2.54. The lowest BCUT2D eigenvalue weighted by atomic mass is 10.1. The number of aliphatic hydroxyl groups excluding tert-OH is 1. The van der Waals surface area contributed by atoms with E-state index in [0.29, 0.717) is 36.2 Å². The number of amides is 1. The Kier molecular flexibility index (Phi) is 6.71. The van der Waals surface area contributed by atoms with Crippen LogP contribution >= 0.6 is 0 Å². The van der Waals surface area contributed by atoms with Gasteiger partial charge in [-0.2, -0.15) is 5.10 Å². The summed E-state index contributed by atoms with van der Waals surface area (Å²) >= 11 is 0. The highest BCUT2D eigenvalue weighted by Gasteiger charge is 2.14. The van der Waals surface area contributed by atoms with E-state index in [1.807, 2.05) is 6.07 Å². The maximum atomic E-state index is 12.3. The number of fused-ring (bicyclic) bond motifs is 1. The molecule has 0 aliphatic rings. The number of ether oxygens (including phenoxy) is 1. The molecule has 1 amide bonds. The first-order chi connectivity index (χ1) is 14.0. The Labute approximate surface area is 166 Å². The number of carbonyl (C=O) groups is 1. The number of nitrogens with one attached hydrogen (secondary N) is 1. The Balaban J connectivity index is 1.76. The van der Waals surface area contributed by atoms with Gasteiger partial charge >= 0.3 is 0 Å². The SMILES string of the molecule is Cc1cc(Cn2cc3c(C(=O)NCCCO)nccc3n2)ccc1OCC(F)F. The van der Waals surface area contributed by atoms with E-state index in [1.54, 1.807) is 36.0 Å². The lowest BCUT2D eigenvalue weighted by Crippen LogP contribution is -2.26. The molecule has 2 heterocycles. The maximum absolute atomic E-state index is 12.3. The Morgan fingerprint density at radius 2 is 2.17 bits per heavy atom. The number of pyridine rings is 1. The third kappa shape index (κ3) is 5.26. The summed E-state index contributed by atoms with van der Waals surface area (Å²) in [4.78, 5) is 16.5. The summed E-state index contributed by atoms with van der Waals surface area (Å²) in [6.07, 6.45) is 1.23. The summed E-state index contributed by atoms with van der Waals surface area (Å²) in [6.45, 7) is 1.96. The van der Waals surface area contributed by atoms with Crippen LogP contribution in [0.1, 0.15) is 28.0 Å². The predicted molar refractivity (Wildman–Crippen MR) is 103 cm³/mol. The number of aliphatic hydroxyl groups is 1. The highest BCUT2D eigenvalue weighted by molar-refractivity contribution is 6.04. The fourth-order valence-electron chi connectivity index (χ4n) is 2.93. The second-order valence-electron chi connectivity index (χ2n) is 6.55. The van der Waals surface area contributed by atoms with E-state index >= 15 is 0 Å². The second-order valence-corrected chi connectivity index (χ2v) is 6.55. The van der Waals surface area contributed by atoms with Gasteiger partial charge in [0, 0.05) is 25.5 Å². The molecule has 0 unspecified atom stereocenters. The van der Waals surface area contributed by atoms with Crippen molar-refractivity contribution in [1.29, 1.82) is 0 Å². The average Bonchev–Trinajstić information content (AvgIpc) is 3.09. The molecular formula is C20H22F2N4O3. The van der Waals surface area contributed by atoms with Gasteiger partial charge in [0.25, 0.3) is 12.3 Å². The highest BCUT2D eigenvalue weighted by Crippen LogP contribution is 2.21. The fourth-order valence-corrected chi connectivity index (χ4v) is 2.93. The lowest BCUT2D eigenvalue weighted by molar-refractivity contribution is 0.0815. The number of hydrogen-bond acceptors (Lipinski definition) is 5. The number of halogens is 2. The van der Waals surface area contributed by atoms with Crippen molar-refractivity contribution in [2.24, 2.45) is 0 Å². The molecule has 7 nitrogen and oxygen atoms in total. The van der Waals surface area contributed by atoms with Gasteiger partial charge in [-0.1, -0.05) is 12.1 Å². The van der Waals surface area contributed by atoms with Gasteiger partial charge in [0.05, 0.1) is 17.4 Å². The van der Waals surface area contributed by atoms with Crippen molar-refractivity contribution in [3.8, 4) is 5.75 Å². The number of alkyl halides is 2. The summed E-state index contributed by atoms with van der Waals surface area (Å²) in [5, 5.41) is 16.7. The summed E-state index contributed by atoms with van der Waals surface area (Å²) in [6, 6.07) is 7.04. The molecule has 2 aromatic heterocycles. The normalized spacial score (nSPS) is 11.2. The summed E-state index contributed by atoms with van der Waals surface area (Å²) in [5.74, 6) is 0.102. The van der Waals surface area contributed by atoms with E-state index in [4.69, 9.17) is 9.84 Å². The largest absolute Gasteiger partial charge is 0.487 e. The Bertz CT molecular complexity index is 991. The van der Waals surface area contributed by atoms with Crippen LogP contribution in [-0.4, -0.2) is 52.0 Å². The molecule has 3 rings (SSSR count). The van der Waals surface area contributed by atoms with Crippen molar-refractivity contribution < 1.29 is 23.4 Å². The van der Waals surface area contributed by atoms with Crippen LogP contribution in [0.5, 0.6) is 5.75 Å². The number of benzene rings is 1. The minimum atomic E-state index is -2.52. The molecule has 2 N–H and O–H groups in total. The average molecular weight is 404 g/mol. The van der Waals surface area contributed by atoms with E-state index in [9.17, 15) is 13.6 Å². The van der Waals surface area contributed by atoms with Gasteiger partial charge in [-0.25, -0.2) is 8.78 Å². The summed E-state index contributed by atoms with van der Waals surface area (Å²) < 4.78 is 31.4. The molecule has 0 fully saturated rings. The smallest absolute Gasteiger partial charge is 0.272 e. The van der Waals surface area contributed by atoms with Gasteiger partial charge in [-0.3, -0.25) is 14.5 Å². The molecule has 1 aromatic carbocycles. The number of nitrogens with zero attached hydrogens (tertiary/aromatic N) is 3. The zero-order valence-electron chi connectivity index (χ0n) is 15.9. The van der Waals surface area contributed by atoms with Crippen LogP contribution in [0.2, 0.25) is 0 Å². The van der Waals surface area contributed by atoms with E-state index < -0.39 is 13.0 Å². The van der Waals surface area contributed by atoms with Gasteiger partial charge in [0.2, 0.25) is 0 Å². The number of carbonyl (C=O) groups excluding carboxylic acids is 1. The summed E-state index contributed by atoms with van der Waals surface area (Å²) in [5.41, 5.74) is 2.59. The zero-order valence-corrected chi connectivity index (χ0v) is 15.9. The van der Waals surface area contributed by atoms with Gasteiger partial charge < -0.3 is 15.2 Å². The fraction of sp³-hybridized carbons (Fsp3) is 0.350. The standard InChI is InChI=1S/C20H22F2N4O3/c1-13-9-14(3-4-17(13)29-12-18(21)22)10-26-11-15-16(25-26)5-7-23-19(15)20(28)24-6-2-8-27/h3-5,7,9,11,18,27H,2,6,8,10,12H2,1H3,(H,24,28). The maximum Gasteiger partial charge on any atom is 0.272 e. The molecule has 29 heavy (non-hydrogen) atoms. The van der Waals surface area contributed by atoms with Crippen LogP contribution in [0.4, 0.5) is 8.78 Å². The third-order valence-corrected chi connectivity index (χ3v) is 4.27. The van der Waals surface area contributed by atoms with Crippen LogP contribution < -0.4 is 10.1 Å². The van der Waals surface area contributed by atoms with Gasteiger partial charge in [-0.05, 0) is 36.6 Å². The van der Waals surface area contributed by atoms with Crippen molar-refractivity contribution in [2.75, 3.05) is 19.8 Å². The van der Waals surface area contributed by atoms with E-state index in [2.05, 4.69) is 15.4 Å². The summed E-state index contributed by atoms with van der Waals surface area (Å²) in [7, 11) is 0. The second kappa shape index (κ2) is 9.42. The molecule has 0 bridgehead atoms. The van der Waals surface area contributed by atoms with Crippen molar-refractivity contribution >= 4 is 16.8 Å². The number of aryl methyl sites for hydroxylation is 1. The van der Waals surface area contributed by atoms with Crippen molar-refractivity contribution in [1.82, 2.24) is 20.1 Å². The van der Waals surface area contributed by atoms with Crippen molar-refractivity contribution in [3.63, 3.8) is 0 Å². The third-order valence-electron chi connectivity index (χ3n) is 4.27. The Hall–Kier alpha value is -3.07. The number of hydrogen-bond donors (Lipinski definition) is 2. The van der Waals surface area contributed by atoms with Crippen LogP contribution in [-0.2, 0) is 6.54 Å². The molecule has 0 saturated carbocycles. The van der Waals surface area contributed by atoms with Gasteiger partial charge in [0.1, 0.15) is 18.1 Å². The molecule has 154 valence electrons. The van der Waals surface area contributed by atoms with Gasteiger partial charge in [0.15, 0.2) is 0 Å². The molecule has 0 atom stereocenters. The molecule has 3 aromatic rings. The van der Waals surface area contributed by atoms with E-state index in [0.717, 1.165) is 11.1 Å². The molecule has 0 radical (unpaired) electrons. The Morgan fingerprint density at radius 1 is 1.34 bits per heavy atom. The monoisotopic (exact) mass is 404 g/mol. The minimum absolute atomic E-state index is 0.00122. The molecule has 9 heteroatoms. The van der Waals surface area contributed by atoms with Crippen LogP contribution in [0.3, 0.4) is 0 Å². The van der Waals surface area contributed by atoms with Crippen molar-refractivity contribution in [2.45, 2.75) is 26.3 Å². The van der Waals surface area contributed by atoms with Crippen LogP contribution in [0.15, 0.2) is 36.7 Å². The number of aromatic nitrogens is 3. The first-order valence-corrected chi connectivity index (χ1v) is 9.19. The number of rotatable bonds is 9. The quantitative estimate of drug-likeness (QED) is 0.535. The molecule has 0 spiro atoms. The van der Waals surface area contributed by atoms with Crippen LogP contribution in [0, 0.1) is 6.92 Å². The molecular weight excluding hydrogens is 382 g/mol. The molecule has 0 aliphatic carbocycles. The molecule has 0 aliphatic heterocycles. The molecule has 0 saturated heterocycles. The topological polar surface area (TPSA) is 89.3 Å².